The summed E-state index contributed by atoms with van der Waals surface area (Å²) in [5.74, 6) is 1.46. The first-order valence-electron chi connectivity index (χ1n) is 9.24. The average molecular weight is 342 g/mol. The zero-order chi connectivity index (χ0) is 17.8. The molecular weight excluding hydrogens is 316 g/mol. The molecule has 0 bridgehead atoms. The number of carbonyl (C=O) groups is 1. The van der Waals surface area contributed by atoms with Crippen molar-refractivity contribution < 1.29 is 9.90 Å². The van der Waals surface area contributed by atoms with E-state index in [0.717, 1.165) is 43.7 Å². The highest BCUT2D eigenvalue weighted by molar-refractivity contribution is 6.04. The molecule has 134 valence electrons. The van der Waals surface area contributed by atoms with Gasteiger partial charge in [0.2, 0.25) is 0 Å². The number of likely N-dealkylation sites (tertiary alicyclic amines) is 1. The number of pyridine rings is 1. The lowest BCUT2D eigenvalue weighted by Crippen LogP contribution is -2.44. The monoisotopic (exact) mass is 342 g/mol. The second-order valence-electron chi connectivity index (χ2n) is 7.67. The van der Waals surface area contributed by atoms with E-state index in [4.69, 9.17) is 0 Å². The number of nitrogens with zero attached hydrogens (tertiary/aromatic N) is 4. The maximum absolute atomic E-state index is 13.2. The van der Waals surface area contributed by atoms with E-state index in [2.05, 4.69) is 16.9 Å². The average Bonchev–Trinajstić information content (AvgIpc) is 3.17. The Morgan fingerprint density at radius 1 is 1.44 bits per heavy atom. The maximum Gasteiger partial charge on any atom is 0.256 e. The van der Waals surface area contributed by atoms with Crippen LogP contribution < -0.4 is 0 Å². The van der Waals surface area contributed by atoms with Crippen LogP contribution in [0.25, 0.3) is 11.2 Å². The largest absolute Gasteiger partial charge is 0.390 e. The third kappa shape index (κ3) is 2.46. The number of imidazole rings is 1. The lowest BCUT2D eigenvalue weighted by atomic mass is 9.69. The third-order valence-electron chi connectivity index (χ3n) is 6.43. The van der Waals surface area contributed by atoms with Crippen molar-refractivity contribution in [1.82, 2.24) is 19.4 Å². The second kappa shape index (κ2) is 5.80. The van der Waals surface area contributed by atoms with Crippen LogP contribution in [0.1, 0.15) is 48.8 Å². The van der Waals surface area contributed by atoms with Crippen LogP contribution in [0.15, 0.2) is 12.3 Å². The normalized spacial score (nSPS) is 29.2. The predicted octanol–water partition coefficient (Wildman–Crippen LogP) is 2.29. The topological polar surface area (TPSA) is 71.2 Å². The van der Waals surface area contributed by atoms with Gasteiger partial charge in [0.05, 0.1) is 11.2 Å². The van der Waals surface area contributed by atoms with Crippen molar-refractivity contribution in [1.29, 1.82) is 0 Å². The molecule has 6 nitrogen and oxygen atoms in total. The maximum atomic E-state index is 13.2. The molecule has 2 fully saturated rings. The Balaban J connectivity index is 1.66. The van der Waals surface area contributed by atoms with Gasteiger partial charge in [-0.3, -0.25) is 4.79 Å². The molecule has 6 heteroatoms. The van der Waals surface area contributed by atoms with E-state index >= 15 is 0 Å². The molecule has 1 N–H and O–H groups in total. The molecule has 2 aliphatic rings. The second-order valence-corrected chi connectivity index (χ2v) is 7.67. The fraction of sp³-hybridized carbons (Fsp3) is 0.632. The Hall–Kier alpha value is -1.95. The van der Waals surface area contributed by atoms with E-state index in [1.807, 2.05) is 23.4 Å². The van der Waals surface area contributed by atoms with E-state index in [1.165, 1.54) is 0 Å². The fourth-order valence-corrected chi connectivity index (χ4v) is 4.76. The van der Waals surface area contributed by atoms with E-state index < -0.39 is 5.60 Å². The minimum absolute atomic E-state index is 0.0124. The fourth-order valence-electron chi connectivity index (χ4n) is 4.76. The Morgan fingerprint density at radius 3 is 3.00 bits per heavy atom. The molecule has 2 aromatic heterocycles. The van der Waals surface area contributed by atoms with Gasteiger partial charge in [0.1, 0.15) is 11.3 Å². The number of rotatable bonds is 2. The molecule has 0 aromatic carbocycles. The molecular formula is C19H26N4O2. The zero-order valence-corrected chi connectivity index (χ0v) is 15.2. The van der Waals surface area contributed by atoms with Crippen LogP contribution in [-0.2, 0) is 7.05 Å². The molecule has 25 heavy (non-hydrogen) atoms. The van der Waals surface area contributed by atoms with Crippen molar-refractivity contribution in [2.45, 2.75) is 45.1 Å². The summed E-state index contributed by atoms with van der Waals surface area (Å²) in [4.78, 5) is 24.0. The van der Waals surface area contributed by atoms with E-state index in [1.54, 1.807) is 12.3 Å². The Bertz CT molecular complexity index is 830. The van der Waals surface area contributed by atoms with Gasteiger partial charge in [-0.2, -0.15) is 0 Å². The Morgan fingerprint density at radius 2 is 2.24 bits per heavy atom. The number of amides is 1. The van der Waals surface area contributed by atoms with Crippen LogP contribution in [0.3, 0.4) is 0 Å². The van der Waals surface area contributed by atoms with E-state index in [9.17, 15) is 9.90 Å². The minimum Gasteiger partial charge on any atom is -0.390 e. The quantitative estimate of drug-likeness (QED) is 0.909. The minimum atomic E-state index is -0.618. The molecule has 2 aromatic rings. The smallest absolute Gasteiger partial charge is 0.256 e. The van der Waals surface area contributed by atoms with Crippen LogP contribution in [0.2, 0.25) is 0 Å². The van der Waals surface area contributed by atoms with Gasteiger partial charge < -0.3 is 14.6 Å². The molecule has 0 radical (unpaired) electrons. The first-order valence-corrected chi connectivity index (χ1v) is 9.24. The Kier molecular flexibility index (Phi) is 3.83. The number of hydrogen-bond donors (Lipinski definition) is 1. The Labute approximate surface area is 147 Å². The van der Waals surface area contributed by atoms with E-state index in [0.29, 0.717) is 23.5 Å². The lowest BCUT2D eigenvalue weighted by molar-refractivity contribution is -0.0609. The highest BCUT2D eigenvalue weighted by Gasteiger charge is 2.48. The third-order valence-corrected chi connectivity index (χ3v) is 6.43. The SMILES string of the molecule is CC[C@]1(O)CCC[C@H]2CN(C(=O)c3ccnc4c3nc(C)n4C)C[C@H]21. The van der Waals surface area contributed by atoms with Crippen LogP contribution in [0.5, 0.6) is 0 Å². The number of hydrogen-bond acceptors (Lipinski definition) is 4. The van der Waals surface area contributed by atoms with Crippen molar-refractivity contribution >= 4 is 17.1 Å². The predicted molar refractivity (Wildman–Crippen MR) is 95.2 cm³/mol. The molecule has 3 atom stereocenters. The van der Waals surface area contributed by atoms with Gasteiger partial charge in [-0.25, -0.2) is 9.97 Å². The number of carbonyl (C=O) groups excluding carboxylic acids is 1. The summed E-state index contributed by atoms with van der Waals surface area (Å²) in [5.41, 5.74) is 1.41. The van der Waals surface area contributed by atoms with Gasteiger partial charge in [0.15, 0.2) is 5.65 Å². The van der Waals surface area contributed by atoms with Crippen molar-refractivity contribution in [3.8, 4) is 0 Å². The first kappa shape index (κ1) is 16.5. The zero-order valence-electron chi connectivity index (χ0n) is 15.2. The molecule has 0 unspecified atom stereocenters. The van der Waals surface area contributed by atoms with Crippen LogP contribution in [0, 0.1) is 18.8 Å². The summed E-state index contributed by atoms with van der Waals surface area (Å²) in [7, 11) is 1.91. The van der Waals surface area contributed by atoms with Crippen LogP contribution in [-0.4, -0.2) is 49.1 Å². The van der Waals surface area contributed by atoms with Crippen LogP contribution >= 0.6 is 0 Å². The molecule has 1 aliphatic carbocycles. The van der Waals surface area contributed by atoms with Gasteiger partial charge in [-0.05, 0) is 38.2 Å². The van der Waals surface area contributed by atoms with Gasteiger partial charge in [0.25, 0.3) is 5.91 Å². The number of aliphatic hydroxyl groups is 1. The number of fused-ring (bicyclic) bond motifs is 2. The molecule has 1 saturated carbocycles. The van der Waals surface area contributed by atoms with Gasteiger partial charge in [-0.15, -0.1) is 0 Å². The van der Waals surface area contributed by atoms with Crippen LogP contribution in [0.4, 0.5) is 0 Å². The van der Waals surface area contributed by atoms with Gasteiger partial charge in [0, 0.05) is 32.3 Å². The summed E-state index contributed by atoms with van der Waals surface area (Å²) in [5, 5.41) is 11.0. The summed E-state index contributed by atoms with van der Waals surface area (Å²) < 4.78 is 1.91. The highest BCUT2D eigenvalue weighted by atomic mass is 16.3. The molecule has 3 heterocycles. The molecule has 1 saturated heterocycles. The summed E-state index contributed by atoms with van der Waals surface area (Å²) in [6, 6.07) is 1.77. The number of aromatic nitrogens is 3. The van der Waals surface area contributed by atoms with E-state index in [-0.39, 0.29) is 11.8 Å². The standard InChI is InChI=1S/C19H26N4O2/c1-4-19(25)8-5-6-13-10-23(11-15(13)19)18(24)14-7-9-20-17-16(14)21-12(2)22(17)3/h7,9,13,15,25H,4-6,8,10-11H2,1-3H3/t13-,15+,19-/m0/s1. The summed E-state index contributed by atoms with van der Waals surface area (Å²) in [6.45, 7) is 5.35. The van der Waals surface area contributed by atoms with Gasteiger partial charge >= 0.3 is 0 Å². The summed E-state index contributed by atoms with van der Waals surface area (Å²) >= 11 is 0. The number of aryl methyl sites for hydroxylation is 2. The molecule has 0 spiro atoms. The molecule has 1 aliphatic heterocycles. The van der Waals surface area contributed by atoms with Crippen molar-refractivity contribution in [2.75, 3.05) is 13.1 Å². The lowest BCUT2D eigenvalue weighted by Gasteiger charge is -2.40. The first-order chi connectivity index (χ1) is 11.9. The van der Waals surface area contributed by atoms with Crippen molar-refractivity contribution in [3.63, 3.8) is 0 Å². The molecule has 1 amide bonds. The van der Waals surface area contributed by atoms with Gasteiger partial charge in [-0.1, -0.05) is 13.3 Å². The van der Waals surface area contributed by atoms with Crippen molar-refractivity contribution in [3.05, 3.63) is 23.7 Å². The van der Waals surface area contributed by atoms with Crippen molar-refractivity contribution in [2.24, 2.45) is 18.9 Å². The summed E-state index contributed by atoms with van der Waals surface area (Å²) in [6.07, 6.45) is 5.45. The molecule has 4 rings (SSSR count). The highest BCUT2D eigenvalue weighted by Crippen LogP contribution is 2.44.